The van der Waals surface area contributed by atoms with Crippen LogP contribution in [0.15, 0.2) is 81.4 Å². The summed E-state index contributed by atoms with van der Waals surface area (Å²) in [5.74, 6) is -0.375. The fourth-order valence-corrected chi connectivity index (χ4v) is 5.49. The van der Waals surface area contributed by atoms with Crippen molar-refractivity contribution in [2.24, 2.45) is 10.7 Å². The number of carbonyl (C=O) groups excluding carboxylic acids is 2. The molecule has 0 bridgehead atoms. The molecule has 190 valence electrons. The number of carbonyl (C=O) groups is 2. The highest BCUT2D eigenvalue weighted by atomic mass is 79.9. The van der Waals surface area contributed by atoms with E-state index >= 15 is 0 Å². The van der Waals surface area contributed by atoms with E-state index in [1.165, 1.54) is 7.11 Å². The maximum atomic E-state index is 13.5. The van der Waals surface area contributed by atoms with Crippen molar-refractivity contribution < 1.29 is 14.3 Å². The lowest BCUT2D eigenvalue weighted by Crippen LogP contribution is -2.29. The molecule has 1 aliphatic heterocycles. The van der Waals surface area contributed by atoms with Crippen molar-refractivity contribution in [1.29, 1.82) is 0 Å². The number of nitrogens with one attached hydrogen (secondary N) is 2. The van der Waals surface area contributed by atoms with Crippen LogP contribution in [0.2, 0.25) is 5.02 Å². The third-order valence-corrected chi connectivity index (χ3v) is 7.80. The molecule has 10 heteroatoms. The molecular formula is C27H24BrClN4O3S. The highest BCUT2D eigenvalue weighted by molar-refractivity contribution is 9.10. The zero-order chi connectivity index (χ0) is 26.7. The van der Waals surface area contributed by atoms with E-state index in [1.807, 2.05) is 50.2 Å². The minimum Gasteiger partial charge on any atom is -0.495 e. The van der Waals surface area contributed by atoms with Crippen LogP contribution >= 0.6 is 39.3 Å². The van der Waals surface area contributed by atoms with Gasteiger partial charge in [-0.1, -0.05) is 53.2 Å². The lowest BCUT2D eigenvalue weighted by molar-refractivity contribution is -0.115. The van der Waals surface area contributed by atoms with Crippen molar-refractivity contribution >= 4 is 73.2 Å². The average Bonchev–Trinajstić information content (AvgIpc) is 3.18. The van der Waals surface area contributed by atoms with Crippen LogP contribution in [0.5, 0.6) is 5.75 Å². The second-order valence-corrected chi connectivity index (χ2v) is 10.7. The van der Waals surface area contributed by atoms with Crippen molar-refractivity contribution in [3.63, 3.8) is 0 Å². The molecule has 4 rings (SSSR count). The van der Waals surface area contributed by atoms with Gasteiger partial charge >= 0.3 is 0 Å². The number of amides is 2. The van der Waals surface area contributed by atoms with E-state index in [9.17, 15) is 9.59 Å². The van der Waals surface area contributed by atoms with Crippen LogP contribution in [0, 0.1) is 13.8 Å². The number of hydrogen-bond acceptors (Lipinski definition) is 6. The van der Waals surface area contributed by atoms with Crippen LogP contribution in [0.4, 0.5) is 17.1 Å². The first kappa shape index (κ1) is 26.8. The van der Waals surface area contributed by atoms with E-state index in [2.05, 4.69) is 26.6 Å². The van der Waals surface area contributed by atoms with Gasteiger partial charge in [-0.2, -0.15) is 0 Å². The zero-order valence-electron chi connectivity index (χ0n) is 20.3. The molecule has 1 heterocycles. The smallest absolute Gasteiger partial charge is 0.260 e. The number of benzene rings is 3. The van der Waals surface area contributed by atoms with Crippen molar-refractivity contribution in [3.05, 3.63) is 92.6 Å². The molecule has 0 saturated heterocycles. The number of halogens is 2. The van der Waals surface area contributed by atoms with Crippen molar-refractivity contribution in [2.75, 3.05) is 17.7 Å². The quantitative estimate of drug-likeness (QED) is 0.306. The fourth-order valence-electron chi connectivity index (χ4n) is 3.73. The van der Waals surface area contributed by atoms with E-state index in [0.29, 0.717) is 32.9 Å². The molecule has 37 heavy (non-hydrogen) atoms. The third kappa shape index (κ3) is 6.01. The van der Waals surface area contributed by atoms with Gasteiger partial charge < -0.3 is 21.1 Å². The van der Waals surface area contributed by atoms with E-state index in [0.717, 1.165) is 27.4 Å². The van der Waals surface area contributed by atoms with Gasteiger partial charge in [-0.05, 0) is 71.7 Å². The van der Waals surface area contributed by atoms with Gasteiger partial charge in [0.05, 0.1) is 29.1 Å². The van der Waals surface area contributed by atoms with E-state index in [4.69, 9.17) is 27.1 Å². The summed E-state index contributed by atoms with van der Waals surface area (Å²) < 4.78 is 5.91. The van der Waals surface area contributed by atoms with Crippen molar-refractivity contribution in [3.8, 4) is 5.75 Å². The van der Waals surface area contributed by atoms with Crippen LogP contribution in [0.1, 0.15) is 11.1 Å². The van der Waals surface area contributed by atoms with Crippen LogP contribution in [-0.2, 0) is 9.59 Å². The minimum absolute atomic E-state index is 0.121. The molecule has 2 amide bonds. The summed E-state index contributed by atoms with van der Waals surface area (Å²) in [4.78, 5) is 31.4. The Kier molecular flexibility index (Phi) is 8.26. The molecule has 1 aliphatic rings. The first-order chi connectivity index (χ1) is 17.7. The molecule has 0 fully saturated rings. The Morgan fingerprint density at radius 1 is 1.08 bits per heavy atom. The molecule has 0 saturated carbocycles. The SMILES string of the molecule is COc1ccc(NC(=O)C2=C(N)[C@@H](C(=O)Nc3ccccc3Br)SC2=Nc2ccc(C)cc2C)cc1Cl. The van der Waals surface area contributed by atoms with Gasteiger partial charge in [0.2, 0.25) is 5.91 Å². The average molecular weight is 600 g/mol. The molecule has 3 aromatic rings. The molecule has 0 aromatic heterocycles. The van der Waals surface area contributed by atoms with Gasteiger partial charge in [0.15, 0.2) is 0 Å². The third-order valence-electron chi connectivity index (χ3n) is 5.60. The number of rotatable bonds is 6. The molecule has 0 aliphatic carbocycles. The Hall–Kier alpha value is -3.27. The summed E-state index contributed by atoms with van der Waals surface area (Å²) in [5.41, 5.74) is 10.5. The summed E-state index contributed by atoms with van der Waals surface area (Å²) in [5, 5.41) is 5.54. The number of para-hydroxylation sites is 1. The van der Waals surface area contributed by atoms with Crippen LogP contribution in [0.25, 0.3) is 0 Å². The Morgan fingerprint density at radius 2 is 1.84 bits per heavy atom. The molecule has 0 spiro atoms. The van der Waals surface area contributed by atoms with Crippen LogP contribution in [-0.4, -0.2) is 29.2 Å². The second kappa shape index (κ2) is 11.4. The highest BCUT2D eigenvalue weighted by Crippen LogP contribution is 2.37. The maximum absolute atomic E-state index is 13.5. The van der Waals surface area contributed by atoms with Gasteiger partial charge in [0, 0.05) is 15.9 Å². The number of anilines is 2. The first-order valence-electron chi connectivity index (χ1n) is 11.2. The van der Waals surface area contributed by atoms with Crippen molar-refractivity contribution in [2.45, 2.75) is 19.1 Å². The maximum Gasteiger partial charge on any atom is 0.260 e. The van der Waals surface area contributed by atoms with Gasteiger partial charge in [-0.15, -0.1) is 0 Å². The summed E-state index contributed by atoms with van der Waals surface area (Å²) in [6.07, 6.45) is 0. The largest absolute Gasteiger partial charge is 0.495 e. The second-order valence-electron chi connectivity index (χ2n) is 8.31. The molecule has 1 atom stereocenters. The fraction of sp³-hybridized carbons (Fsp3) is 0.148. The number of nitrogens with zero attached hydrogens (tertiary/aromatic N) is 1. The Morgan fingerprint density at radius 3 is 2.51 bits per heavy atom. The van der Waals surface area contributed by atoms with Gasteiger partial charge in [0.1, 0.15) is 16.0 Å². The lowest BCUT2D eigenvalue weighted by atomic mass is 10.1. The Bertz CT molecular complexity index is 1460. The number of thioether (sulfide) groups is 1. The van der Waals surface area contributed by atoms with Gasteiger partial charge in [0.25, 0.3) is 5.91 Å². The molecule has 7 nitrogen and oxygen atoms in total. The normalized spacial score (nSPS) is 16.1. The van der Waals surface area contributed by atoms with Crippen LogP contribution < -0.4 is 21.1 Å². The predicted octanol–water partition coefficient (Wildman–Crippen LogP) is 6.36. The number of aliphatic imine (C=N–C) groups is 1. The first-order valence-corrected chi connectivity index (χ1v) is 13.3. The molecule has 4 N–H and O–H groups in total. The van der Waals surface area contributed by atoms with Gasteiger partial charge in [-0.3, -0.25) is 9.59 Å². The number of hydrogen-bond donors (Lipinski definition) is 3. The zero-order valence-corrected chi connectivity index (χ0v) is 23.4. The van der Waals surface area contributed by atoms with Gasteiger partial charge in [-0.25, -0.2) is 4.99 Å². The predicted molar refractivity (Wildman–Crippen MR) is 155 cm³/mol. The number of nitrogens with two attached hydrogens (primary N) is 1. The van der Waals surface area contributed by atoms with E-state index < -0.39 is 11.2 Å². The number of methoxy groups -OCH3 is 1. The Balaban J connectivity index is 1.70. The summed E-state index contributed by atoms with van der Waals surface area (Å²) in [6.45, 7) is 3.93. The number of ether oxygens (including phenoxy) is 1. The highest BCUT2D eigenvalue weighted by Gasteiger charge is 2.38. The van der Waals surface area contributed by atoms with E-state index in [1.54, 1.807) is 24.3 Å². The molecular weight excluding hydrogens is 576 g/mol. The molecule has 0 unspecified atom stereocenters. The van der Waals surface area contributed by atoms with Crippen molar-refractivity contribution in [1.82, 2.24) is 0 Å². The topological polar surface area (TPSA) is 106 Å². The summed E-state index contributed by atoms with van der Waals surface area (Å²) in [6, 6.07) is 18.0. The summed E-state index contributed by atoms with van der Waals surface area (Å²) in [7, 11) is 1.51. The van der Waals surface area contributed by atoms with Crippen LogP contribution in [0.3, 0.4) is 0 Å². The minimum atomic E-state index is -0.850. The Labute approximate surface area is 232 Å². The van der Waals surface area contributed by atoms with E-state index in [-0.39, 0.29) is 17.2 Å². The standard InChI is InChI=1S/C27H24BrClN4O3S/c1-14-8-10-19(15(2)12-14)33-27-22(25(34)31-16-9-11-21(36-3)18(29)13-16)23(30)24(37-27)26(35)32-20-7-5-4-6-17(20)28/h4-13,24H,30H2,1-3H3,(H,31,34)(H,32,35)/t24-/m0/s1. The summed E-state index contributed by atoms with van der Waals surface area (Å²) >= 11 is 10.8. The monoisotopic (exact) mass is 598 g/mol. The molecule has 0 radical (unpaired) electrons. The number of aryl methyl sites for hydroxylation is 2. The molecule has 3 aromatic carbocycles. The lowest BCUT2D eigenvalue weighted by Gasteiger charge is -2.12.